The van der Waals surface area contributed by atoms with Crippen molar-refractivity contribution in [1.82, 2.24) is 5.32 Å². The monoisotopic (exact) mass is 269 g/mol. The normalized spacial score (nSPS) is 18.2. The van der Waals surface area contributed by atoms with E-state index in [0.717, 1.165) is 38.1 Å². The van der Waals surface area contributed by atoms with Crippen LogP contribution >= 0.6 is 0 Å². The van der Waals surface area contributed by atoms with Crippen molar-refractivity contribution in [2.45, 2.75) is 25.2 Å². The van der Waals surface area contributed by atoms with E-state index in [2.05, 4.69) is 5.32 Å². The Morgan fingerprint density at radius 3 is 2.58 bits per heavy atom. The zero-order valence-electron chi connectivity index (χ0n) is 10.5. The van der Waals surface area contributed by atoms with Gasteiger partial charge in [-0.1, -0.05) is 6.07 Å². The standard InChI is InChI=1S/C14H17F2NO2/c15-12-2-1-10(7-13(12)16)11(8-14(18)19)9-3-5-17-6-4-9/h1-2,7,9,11,17H,3-6,8H2,(H,18,19). The van der Waals surface area contributed by atoms with Crippen LogP contribution in [0.15, 0.2) is 18.2 Å². The average molecular weight is 269 g/mol. The Bertz CT molecular complexity index is 459. The maximum atomic E-state index is 13.3. The molecule has 1 aromatic carbocycles. The molecule has 5 heteroatoms. The lowest BCUT2D eigenvalue weighted by atomic mass is 9.78. The molecule has 1 heterocycles. The van der Waals surface area contributed by atoms with Gasteiger partial charge < -0.3 is 10.4 Å². The Morgan fingerprint density at radius 1 is 1.32 bits per heavy atom. The fourth-order valence-corrected chi connectivity index (χ4v) is 2.73. The van der Waals surface area contributed by atoms with Crippen LogP contribution in [0.2, 0.25) is 0 Å². The molecule has 19 heavy (non-hydrogen) atoms. The molecule has 1 saturated heterocycles. The Balaban J connectivity index is 2.24. The van der Waals surface area contributed by atoms with Crippen LogP contribution in [0, 0.1) is 17.6 Å². The van der Waals surface area contributed by atoms with Gasteiger partial charge in [0.25, 0.3) is 0 Å². The highest BCUT2D eigenvalue weighted by Crippen LogP contribution is 2.34. The molecule has 0 spiro atoms. The van der Waals surface area contributed by atoms with Gasteiger partial charge in [-0.15, -0.1) is 0 Å². The van der Waals surface area contributed by atoms with Crippen LogP contribution in [0.25, 0.3) is 0 Å². The molecule has 2 rings (SSSR count). The number of nitrogens with one attached hydrogen (secondary N) is 1. The first-order chi connectivity index (χ1) is 9.08. The van der Waals surface area contributed by atoms with Crippen molar-refractivity contribution in [2.24, 2.45) is 5.92 Å². The maximum absolute atomic E-state index is 13.3. The Morgan fingerprint density at radius 2 is 2.00 bits per heavy atom. The lowest BCUT2D eigenvalue weighted by molar-refractivity contribution is -0.137. The van der Waals surface area contributed by atoms with E-state index in [-0.39, 0.29) is 18.3 Å². The van der Waals surface area contributed by atoms with Gasteiger partial charge in [0.1, 0.15) is 0 Å². The van der Waals surface area contributed by atoms with Crippen molar-refractivity contribution in [2.75, 3.05) is 13.1 Å². The van der Waals surface area contributed by atoms with E-state index in [9.17, 15) is 13.6 Å². The SMILES string of the molecule is O=C(O)CC(c1ccc(F)c(F)c1)C1CCNCC1. The first kappa shape index (κ1) is 13.9. The summed E-state index contributed by atoms with van der Waals surface area (Å²) in [4.78, 5) is 11.0. The minimum absolute atomic E-state index is 0.0459. The number of benzene rings is 1. The summed E-state index contributed by atoms with van der Waals surface area (Å²) in [7, 11) is 0. The molecule has 1 aromatic rings. The van der Waals surface area contributed by atoms with Gasteiger partial charge in [0.05, 0.1) is 6.42 Å². The van der Waals surface area contributed by atoms with Crippen LogP contribution in [0.4, 0.5) is 8.78 Å². The molecular formula is C14H17F2NO2. The Hall–Kier alpha value is -1.49. The van der Waals surface area contributed by atoms with Crippen LogP contribution in [-0.4, -0.2) is 24.2 Å². The molecule has 1 aliphatic heterocycles. The van der Waals surface area contributed by atoms with Gasteiger partial charge in [-0.2, -0.15) is 0 Å². The lowest BCUT2D eigenvalue weighted by Crippen LogP contribution is -2.31. The van der Waals surface area contributed by atoms with E-state index < -0.39 is 17.6 Å². The summed E-state index contributed by atoms with van der Waals surface area (Å²) in [6, 6.07) is 3.69. The van der Waals surface area contributed by atoms with Crippen LogP contribution in [0.5, 0.6) is 0 Å². The molecule has 104 valence electrons. The number of piperidine rings is 1. The summed E-state index contributed by atoms with van der Waals surface area (Å²) in [6.45, 7) is 1.68. The van der Waals surface area contributed by atoms with E-state index >= 15 is 0 Å². The summed E-state index contributed by atoms with van der Waals surface area (Å²) in [5, 5.41) is 12.2. The van der Waals surface area contributed by atoms with E-state index in [1.54, 1.807) is 0 Å². The van der Waals surface area contributed by atoms with Crippen LogP contribution < -0.4 is 5.32 Å². The molecule has 1 unspecified atom stereocenters. The van der Waals surface area contributed by atoms with Crippen molar-refractivity contribution in [3.05, 3.63) is 35.4 Å². The zero-order chi connectivity index (χ0) is 13.8. The largest absolute Gasteiger partial charge is 0.481 e. The number of aliphatic carboxylic acids is 1. The number of carboxylic acid groups (broad SMARTS) is 1. The molecule has 1 fully saturated rings. The van der Waals surface area contributed by atoms with Crippen LogP contribution in [0.1, 0.15) is 30.7 Å². The minimum atomic E-state index is -0.915. The molecule has 1 atom stereocenters. The minimum Gasteiger partial charge on any atom is -0.481 e. The van der Waals surface area contributed by atoms with E-state index in [1.165, 1.54) is 6.07 Å². The van der Waals surface area contributed by atoms with Crippen LogP contribution in [-0.2, 0) is 4.79 Å². The number of carbonyl (C=O) groups is 1. The van der Waals surface area contributed by atoms with Crippen molar-refractivity contribution in [3.8, 4) is 0 Å². The van der Waals surface area contributed by atoms with Gasteiger partial charge in [0, 0.05) is 0 Å². The molecule has 0 aliphatic carbocycles. The smallest absolute Gasteiger partial charge is 0.303 e. The summed E-state index contributed by atoms with van der Waals surface area (Å²) in [6.07, 6.45) is 1.67. The number of hydrogen-bond acceptors (Lipinski definition) is 2. The van der Waals surface area contributed by atoms with Gasteiger partial charge in [0.15, 0.2) is 11.6 Å². The summed E-state index contributed by atoms with van der Waals surface area (Å²) in [5.41, 5.74) is 0.577. The summed E-state index contributed by atoms with van der Waals surface area (Å²) >= 11 is 0. The average Bonchev–Trinajstić information content (AvgIpc) is 2.40. The van der Waals surface area contributed by atoms with Crippen molar-refractivity contribution in [1.29, 1.82) is 0 Å². The quantitative estimate of drug-likeness (QED) is 0.883. The zero-order valence-corrected chi connectivity index (χ0v) is 10.5. The van der Waals surface area contributed by atoms with E-state index in [1.807, 2.05) is 0 Å². The second kappa shape index (κ2) is 6.10. The number of halogens is 2. The predicted molar refractivity (Wildman–Crippen MR) is 66.9 cm³/mol. The van der Waals surface area contributed by atoms with Gasteiger partial charge in [-0.25, -0.2) is 8.78 Å². The molecule has 0 saturated carbocycles. The highest BCUT2D eigenvalue weighted by molar-refractivity contribution is 5.68. The van der Waals surface area contributed by atoms with Crippen molar-refractivity contribution >= 4 is 5.97 Å². The molecule has 0 radical (unpaired) electrons. The van der Waals surface area contributed by atoms with Gasteiger partial charge in [0.2, 0.25) is 0 Å². The molecule has 0 amide bonds. The number of rotatable bonds is 4. The highest BCUT2D eigenvalue weighted by atomic mass is 19.2. The predicted octanol–water partition coefficient (Wildman–Crippen LogP) is 2.52. The molecule has 2 N–H and O–H groups in total. The second-order valence-corrected chi connectivity index (χ2v) is 4.97. The molecule has 3 nitrogen and oxygen atoms in total. The molecule has 0 bridgehead atoms. The van der Waals surface area contributed by atoms with Gasteiger partial charge in [-0.05, 0) is 55.5 Å². The second-order valence-electron chi connectivity index (χ2n) is 4.97. The molecular weight excluding hydrogens is 252 g/mol. The topological polar surface area (TPSA) is 49.3 Å². The number of hydrogen-bond donors (Lipinski definition) is 2. The van der Waals surface area contributed by atoms with E-state index in [4.69, 9.17) is 5.11 Å². The molecule has 1 aliphatic rings. The third-order valence-corrected chi connectivity index (χ3v) is 3.72. The Kier molecular flexibility index (Phi) is 4.47. The third-order valence-electron chi connectivity index (χ3n) is 3.72. The first-order valence-electron chi connectivity index (χ1n) is 6.45. The third kappa shape index (κ3) is 3.50. The van der Waals surface area contributed by atoms with Gasteiger partial charge >= 0.3 is 5.97 Å². The van der Waals surface area contributed by atoms with Crippen LogP contribution in [0.3, 0.4) is 0 Å². The van der Waals surface area contributed by atoms with E-state index in [0.29, 0.717) is 5.56 Å². The summed E-state index contributed by atoms with van der Waals surface area (Å²) < 4.78 is 26.3. The Labute approximate surface area is 110 Å². The summed E-state index contributed by atoms with van der Waals surface area (Å²) in [5.74, 6) is -2.78. The van der Waals surface area contributed by atoms with Crippen molar-refractivity contribution < 1.29 is 18.7 Å². The number of carboxylic acids is 1. The fraction of sp³-hybridized carbons (Fsp3) is 0.500. The fourth-order valence-electron chi connectivity index (χ4n) is 2.73. The first-order valence-corrected chi connectivity index (χ1v) is 6.45. The molecule has 0 aromatic heterocycles. The lowest BCUT2D eigenvalue weighted by Gasteiger charge is -2.30. The van der Waals surface area contributed by atoms with Crippen molar-refractivity contribution in [3.63, 3.8) is 0 Å². The maximum Gasteiger partial charge on any atom is 0.303 e. The highest BCUT2D eigenvalue weighted by Gasteiger charge is 2.27. The van der Waals surface area contributed by atoms with Gasteiger partial charge in [-0.3, -0.25) is 4.79 Å².